The maximum absolute atomic E-state index is 13.7. The van der Waals surface area contributed by atoms with Crippen LogP contribution in [0.4, 0.5) is 4.39 Å². The van der Waals surface area contributed by atoms with Crippen molar-refractivity contribution in [3.05, 3.63) is 65.5 Å². The topological polar surface area (TPSA) is 32.8 Å². The van der Waals surface area contributed by atoms with E-state index >= 15 is 0 Å². The molecule has 0 spiro atoms. The zero-order valence-electron chi connectivity index (χ0n) is 18.3. The zero-order valence-corrected chi connectivity index (χ0v) is 18.3. The minimum Gasteiger partial charge on any atom is -0.491 e. The van der Waals surface area contributed by atoms with Gasteiger partial charge in [0.05, 0.1) is 6.10 Å². The quantitative estimate of drug-likeness (QED) is 0.620. The fourth-order valence-electron chi connectivity index (χ4n) is 3.90. The van der Waals surface area contributed by atoms with Crippen LogP contribution in [0, 0.1) is 11.7 Å². The zero-order chi connectivity index (χ0) is 21.5. The molecule has 30 heavy (non-hydrogen) atoms. The van der Waals surface area contributed by atoms with Gasteiger partial charge in [0.25, 0.3) is 0 Å². The Morgan fingerprint density at radius 1 is 1.10 bits per heavy atom. The highest BCUT2D eigenvalue weighted by molar-refractivity contribution is 5.76. The van der Waals surface area contributed by atoms with Crippen LogP contribution in [0.1, 0.15) is 44.2 Å². The fourth-order valence-corrected chi connectivity index (χ4v) is 3.90. The molecule has 1 heterocycles. The monoisotopic (exact) mass is 412 g/mol. The second kappa shape index (κ2) is 10.6. The molecule has 162 valence electrons. The van der Waals surface area contributed by atoms with E-state index < -0.39 is 0 Å². The molecule has 1 aliphatic heterocycles. The van der Waals surface area contributed by atoms with E-state index in [1.54, 1.807) is 6.07 Å². The van der Waals surface area contributed by atoms with Crippen molar-refractivity contribution in [3.8, 4) is 5.75 Å². The molecule has 1 aliphatic rings. The summed E-state index contributed by atoms with van der Waals surface area (Å²) in [5.41, 5.74) is 1.85. The van der Waals surface area contributed by atoms with E-state index in [1.165, 1.54) is 12.1 Å². The van der Waals surface area contributed by atoms with E-state index in [2.05, 4.69) is 11.9 Å². The predicted molar refractivity (Wildman–Crippen MR) is 118 cm³/mol. The number of likely N-dealkylation sites (tertiary alicyclic amines) is 1. The number of nitrogens with zero attached hydrogens (tertiary/aromatic N) is 2. The Bertz CT molecular complexity index is 814. The number of hydrogen-bond acceptors (Lipinski definition) is 3. The molecule has 0 bridgehead atoms. The first-order valence-electron chi connectivity index (χ1n) is 10.9. The van der Waals surface area contributed by atoms with Crippen LogP contribution in [0.15, 0.2) is 48.5 Å². The van der Waals surface area contributed by atoms with Gasteiger partial charge in [0.1, 0.15) is 11.6 Å². The van der Waals surface area contributed by atoms with Gasteiger partial charge in [-0.3, -0.25) is 4.79 Å². The van der Waals surface area contributed by atoms with Gasteiger partial charge in [0, 0.05) is 19.5 Å². The van der Waals surface area contributed by atoms with Crippen molar-refractivity contribution in [2.24, 2.45) is 5.92 Å². The second-order valence-corrected chi connectivity index (χ2v) is 8.64. The Labute approximate surface area is 179 Å². The molecule has 2 aromatic carbocycles. The molecule has 1 amide bonds. The summed E-state index contributed by atoms with van der Waals surface area (Å²) in [4.78, 5) is 17.4. The SMILES string of the molecule is CC(C)Oc1ccc(CN(Cc2cccc(F)c2)C(=O)CC2CCN(C)CC2)cc1. The molecule has 4 nitrogen and oxygen atoms in total. The van der Waals surface area contributed by atoms with Crippen LogP contribution in [-0.4, -0.2) is 41.9 Å². The molecule has 5 heteroatoms. The highest BCUT2D eigenvalue weighted by Crippen LogP contribution is 2.23. The lowest BCUT2D eigenvalue weighted by atomic mass is 9.93. The van der Waals surface area contributed by atoms with E-state index in [9.17, 15) is 9.18 Å². The number of rotatable bonds is 8. The molecule has 3 rings (SSSR count). The van der Waals surface area contributed by atoms with Crippen LogP contribution in [0.3, 0.4) is 0 Å². The lowest BCUT2D eigenvalue weighted by Gasteiger charge is -2.31. The fraction of sp³-hybridized carbons (Fsp3) is 0.480. The summed E-state index contributed by atoms with van der Waals surface area (Å²) in [6.45, 7) is 6.99. The molecule has 0 unspecified atom stereocenters. The van der Waals surface area contributed by atoms with Gasteiger partial charge >= 0.3 is 0 Å². The smallest absolute Gasteiger partial charge is 0.223 e. The Morgan fingerprint density at radius 2 is 1.77 bits per heavy atom. The molecule has 0 saturated carbocycles. The highest BCUT2D eigenvalue weighted by Gasteiger charge is 2.23. The summed E-state index contributed by atoms with van der Waals surface area (Å²) >= 11 is 0. The molecule has 0 N–H and O–H groups in total. The van der Waals surface area contributed by atoms with Gasteiger partial charge in [0.2, 0.25) is 5.91 Å². The largest absolute Gasteiger partial charge is 0.491 e. The molecular weight excluding hydrogens is 379 g/mol. The van der Waals surface area contributed by atoms with Crippen molar-refractivity contribution in [2.45, 2.75) is 52.3 Å². The Balaban J connectivity index is 1.70. The first kappa shape index (κ1) is 22.3. The van der Waals surface area contributed by atoms with E-state index in [0.717, 1.165) is 42.8 Å². The molecule has 1 saturated heterocycles. The van der Waals surface area contributed by atoms with Crippen LogP contribution in [0.5, 0.6) is 5.75 Å². The van der Waals surface area contributed by atoms with E-state index in [1.807, 2.05) is 49.1 Å². The lowest BCUT2D eigenvalue weighted by molar-refractivity contribution is -0.133. The third kappa shape index (κ3) is 6.84. The molecule has 0 aliphatic carbocycles. The average molecular weight is 413 g/mol. The predicted octanol–water partition coefficient (Wildman–Crippen LogP) is 4.87. The number of piperidine rings is 1. The number of benzene rings is 2. The van der Waals surface area contributed by atoms with Crippen LogP contribution in [0.25, 0.3) is 0 Å². The third-order valence-electron chi connectivity index (χ3n) is 5.59. The summed E-state index contributed by atoms with van der Waals surface area (Å²) < 4.78 is 19.4. The van der Waals surface area contributed by atoms with Crippen molar-refractivity contribution < 1.29 is 13.9 Å². The normalized spacial score (nSPS) is 15.4. The summed E-state index contributed by atoms with van der Waals surface area (Å²) in [5.74, 6) is 1.11. The number of halogens is 1. The number of amides is 1. The van der Waals surface area contributed by atoms with Crippen LogP contribution in [-0.2, 0) is 17.9 Å². The van der Waals surface area contributed by atoms with Gasteiger partial charge in [0.15, 0.2) is 0 Å². The average Bonchev–Trinajstić information content (AvgIpc) is 2.70. The molecular formula is C25H33FN2O2. The van der Waals surface area contributed by atoms with E-state index in [0.29, 0.717) is 25.4 Å². The van der Waals surface area contributed by atoms with Gasteiger partial charge in [-0.05, 0) is 88.1 Å². The van der Waals surface area contributed by atoms with Crippen LogP contribution < -0.4 is 4.74 Å². The van der Waals surface area contributed by atoms with Crippen LogP contribution in [0.2, 0.25) is 0 Å². The highest BCUT2D eigenvalue weighted by atomic mass is 19.1. The first-order chi connectivity index (χ1) is 14.4. The maximum Gasteiger partial charge on any atom is 0.223 e. The molecule has 0 aromatic heterocycles. The van der Waals surface area contributed by atoms with Crippen molar-refractivity contribution >= 4 is 5.91 Å². The number of hydrogen-bond donors (Lipinski definition) is 0. The van der Waals surface area contributed by atoms with Crippen molar-refractivity contribution in [1.29, 1.82) is 0 Å². The molecule has 1 fully saturated rings. The van der Waals surface area contributed by atoms with Gasteiger partial charge in [-0.15, -0.1) is 0 Å². The Kier molecular flexibility index (Phi) is 7.86. The van der Waals surface area contributed by atoms with Gasteiger partial charge in [-0.25, -0.2) is 4.39 Å². The van der Waals surface area contributed by atoms with Crippen molar-refractivity contribution in [2.75, 3.05) is 20.1 Å². The molecule has 0 atom stereocenters. The number of carbonyl (C=O) groups excluding carboxylic acids is 1. The first-order valence-corrected chi connectivity index (χ1v) is 10.9. The Hall–Kier alpha value is -2.40. The van der Waals surface area contributed by atoms with E-state index in [-0.39, 0.29) is 17.8 Å². The van der Waals surface area contributed by atoms with Gasteiger partial charge < -0.3 is 14.5 Å². The third-order valence-corrected chi connectivity index (χ3v) is 5.59. The Morgan fingerprint density at radius 3 is 2.40 bits per heavy atom. The van der Waals surface area contributed by atoms with Gasteiger partial charge in [-0.2, -0.15) is 0 Å². The molecule has 0 radical (unpaired) electrons. The summed E-state index contributed by atoms with van der Waals surface area (Å²) in [5, 5.41) is 0. The minimum atomic E-state index is -0.273. The summed E-state index contributed by atoms with van der Waals surface area (Å²) in [6, 6.07) is 14.4. The number of carbonyl (C=O) groups is 1. The van der Waals surface area contributed by atoms with Gasteiger partial charge in [-0.1, -0.05) is 24.3 Å². The summed E-state index contributed by atoms with van der Waals surface area (Å²) in [7, 11) is 2.13. The van der Waals surface area contributed by atoms with Crippen LogP contribution >= 0.6 is 0 Å². The van der Waals surface area contributed by atoms with E-state index in [4.69, 9.17) is 4.74 Å². The minimum absolute atomic E-state index is 0.122. The maximum atomic E-state index is 13.7. The van der Waals surface area contributed by atoms with Crippen molar-refractivity contribution in [1.82, 2.24) is 9.80 Å². The lowest BCUT2D eigenvalue weighted by Crippen LogP contribution is -2.35. The van der Waals surface area contributed by atoms with Crippen molar-refractivity contribution in [3.63, 3.8) is 0 Å². The summed E-state index contributed by atoms with van der Waals surface area (Å²) in [6.07, 6.45) is 2.78. The molecule has 2 aromatic rings. The second-order valence-electron chi connectivity index (χ2n) is 8.64. The number of ether oxygens (including phenoxy) is 1. The standard InChI is InChI=1S/C25H33FN2O2/c1-19(2)30-24-9-7-21(8-10-24)17-28(18-22-5-4-6-23(26)15-22)25(29)16-20-11-13-27(3)14-12-20/h4-10,15,19-20H,11-14,16-18H2,1-3H3.